The highest BCUT2D eigenvalue weighted by atomic mass is 16.7. The zero-order valence-corrected chi connectivity index (χ0v) is 31.3. The van der Waals surface area contributed by atoms with Gasteiger partial charge in [-0.25, -0.2) is 0 Å². The average molecular weight is 711 g/mol. The van der Waals surface area contributed by atoms with Gasteiger partial charge in [0.15, 0.2) is 6.29 Å². The summed E-state index contributed by atoms with van der Waals surface area (Å²) in [6, 6.07) is 0. The number of hydrogen-bond donors (Lipinski definition) is 6. The van der Waals surface area contributed by atoms with E-state index in [1.165, 1.54) is 14.0 Å². The van der Waals surface area contributed by atoms with Crippen molar-refractivity contribution in [3.05, 3.63) is 11.6 Å². The number of fused-ring (bicyclic) bond motifs is 5. The Bertz CT molecular complexity index is 1320. The third-order valence-corrected chi connectivity index (χ3v) is 15.0. The minimum atomic E-state index is -1.68. The van der Waals surface area contributed by atoms with Gasteiger partial charge in [0.05, 0.1) is 24.7 Å². The Morgan fingerprint density at radius 2 is 1.66 bits per heavy atom. The van der Waals surface area contributed by atoms with Gasteiger partial charge in [-0.3, -0.25) is 9.59 Å². The fourth-order valence-corrected chi connectivity index (χ4v) is 11.8. The number of aliphatic hydroxyl groups is 5. The number of ether oxygens (including phenoxy) is 4. The second-order valence-electron chi connectivity index (χ2n) is 17.7. The molecule has 6 N–H and O–H groups in total. The van der Waals surface area contributed by atoms with Gasteiger partial charge in [-0.15, -0.1) is 0 Å². The molecule has 50 heavy (non-hydrogen) atoms. The van der Waals surface area contributed by atoms with E-state index < -0.39 is 101 Å². The van der Waals surface area contributed by atoms with Gasteiger partial charge in [-0.2, -0.15) is 0 Å². The van der Waals surface area contributed by atoms with Crippen LogP contribution in [-0.2, 0) is 28.5 Å². The lowest BCUT2D eigenvalue weighted by molar-refractivity contribution is -0.343. The molecule has 5 aliphatic rings. The van der Waals surface area contributed by atoms with E-state index in [1.54, 1.807) is 0 Å². The highest BCUT2D eigenvalue weighted by Crippen LogP contribution is 2.73. The van der Waals surface area contributed by atoms with Crippen molar-refractivity contribution in [3.8, 4) is 0 Å². The molecule has 0 unspecified atom stereocenters. The van der Waals surface area contributed by atoms with E-state index >= 15 is 0 Å². The predicted molar refractivity (Wildman–Crippen MR) is 181 cm³/mol. The molecule has 0 bridgehead atoms. The summed E-state index contributed by atoms with van der Waals surface area (Å²) < 4.78 is 23.8. The third kappa shape index (κ3) is 5.79. The van der Waals surface area contributed by atoms with Crippen molar-refractivity contribution in [2.24, 2.45) is 51.2 Å². The molecule has 16 atom stereocenters. The Morgan fingerprint density at radius 3 is 2.22 bits per heavy atom. The molecule has 286 valence electrons. The summed E-state index contributed by atoms with van der Waals surface area (Å²) in [6.07, 6.45) is -4.27. The van der Waals surface area contributed by atoms with Crippen molar-refractivity contribution >= 4 is 11.9 Å². The van der Waals surface area contributed by atoms with Crippen LogP contribution < -0.4 is 0 Å². The number of esters is 1. The zero-order valence-electron chi connectivity index (χ0n) is 31.3. The maximum absolute atomic E-state index is 13.3. The van der Waals surface area contributed by atoms with Gasteiger partial charge in [0, 0.05) is 31.8 Å². The quantitative estimate of drug-likeness (QED) is 0.117. The lowest BCUT2D eigenvalue weighted by Gasteiger charge is -2.69. The first-order chi connectivity index (χ1) is 23.2. The molecular weight excluding hydrogens is 648 g/mol. The summed E-state index contributed by atoms with van der Waals surface area (Å²) in [7, 11) is 1.53. The average Bonchev–Trinajstić information content (AvgIpc) is 3.02. The number of aliphatic carboxylic acids is 1. The van der Waals surface area contributed by atoms with E-state index in [4.69, 9.17) is 18.9 Å². The molecular formula is C38H62O12. The molecule has 1 heterocycles. The van der Waals surface area contributed by atoms with Crippen LogP contribution >= 0.6 is 0 Å². The monoisotopic (exact) mass is 710 g/mol. The number of carboxylic acid groups (broad SMARTS) is 1. The van der Waals surface area contributed by atoms with Crippen molar-refractivity contribution in [1.82, 2.24) is 0 Å². The normalized spacial score (nSPS) is 49.6. The van der Waals surface area contributed by atoms with E-state index in [9.17, 15) is 40.2 Å². The molecule has 12 nitrogen and oxygen atoms in total. The fourth-order valence-electron chi connectivity index (χ4n) is 11.8. The molecule has 5 rings (SSSR count). The largest absolute Gasteiger partial charge is 0.481 e. The minimum Gasteiger partial charge on any atom is -0.481 e. The first kappa shape index (κ1) is 39.6. The van der Waals surface area contributed by atoms with Gasteiger partial charge in [0.25, 0.3) is 0 Å². The molecule has 12 heteroatoms. The number of carbonyl (C=O) groups is 2. The molecule has 0 amide bonds. The molecule has 1 saturated heterocycles. The Hall–Kier alpha value is -1.64. The predicted octanol–water partition coefficient (Wildman–Crippen LogP) is 3.05. The fraction of sp³-hybridized carbons (Fsp3) is 0.895. The standard InChI is InChI=1S/C38H62O12/c1-19(2)20(3)34(5)14-15-36(7)22-10-11-26-35(6,18-47-9)31(50-33-29(43)28(42)27(41)25(17-39)49-33)24(48-21(4)40)16-38(26,46)23(22)12-13-37(36,8)30(34)32(44)45/h12,19-20,22,24-31,33,39,41-43,46H,10-11,13-18H2,1-9H3,(H,44,45)/t20-,22+,24-,25-,26+,27-,28+,29-,30-,31+,33+,34-,35-,36-,37+,38+/m1/s1. The Labute approximate surface area is 296 Å². The summed E-state index contributed by atoms with van der Waals surface area (Å²) in [5, 5.41) is 65.6. The van der Waals surface area contributed by atoms with Gasteiger partial charge in [-0.05, 0) is 71.7 Å². The van der Waals surface area contributed by atoms with Crippen LogP contribution in [0.5, 0.6) is 0 Å². The van der Waals surface area contributed by atoms with Gasteiger partial charge in [0.1, 0.15) is 36.6 Å². The van der Waals surface area contributed by atoms with Crippen LogP contribution in [0.1, 0.15) is 93.9 Å². The second-order valence-corrected chi connectivity index (χ2v) is 17.7. The van der Waals surface area contributed by atoms with Crippen LogP contribution in [0.2, 0.25) is 0 Å². The first-order valence-corrected chi connectivity index (χ1v) is 18.5. The summed E-state index contributed by atoms with van der Waals surface area (Å²) >= 11 is 0. The maximum atomic E-state index is 13.3. The maximum Gasteiger partial charge on any atom is 0.307 e. The van der Waals surface area contributed by atoms with Crippen LogP contribution in [-0.4, -0.2) is 111 Å². The molecule has 4 fully saturated rings. The van der Waals surface area contributed by atoms with Crippen molar-refractivity contribution in [1.29, 1.82) is 0 Å². The molecule has 0 aromatic heterocycles. The topological polar surface area (TPSA) is 192 Å². The third-order valence-electron chi connectivity index (χ3n) is 15.0. The summed E-state index contributed by atoms with van der Waals surface area (Å²) in [6.45, 7) is 15.6. The van der Waals surface area contributed by atoms with Crippen molar-refractivity contribution in [2.75, 3.05) is 20.3 Å². The van der Waals surface area contributed by atoms with Crippen LogP contribution in [0.15, 0.2) is 11.6 Å². The van der Waals surface area contributed by atoms with Gasteiger partial charge in [0.2, 0.25) is 0 Å². The van der Waals surface area contributed by atoms with Crippen molar-refractivity contribution in [3.63, 3.8) is 0 Å². The van der Waals surface area contributed by atoms with E-state index in [0.717, 1.165) is 18.4 Å². The van der Waals surface area contributed by atoms with Crippen LogP contribution in [0.4, 0.5) is 0 Å². The van der Waals surface area contributed by atoms with Gasteiger partial charge in [-0.1, -0.05) is 54.5 Å². The number of methoxy groups -OCH3 is 1. The zero-order chi connectivity index (χ0) is 37.4. The molecule has 3 saturated carbocycles. The van der Waals surface area contributed by atoms with Crippen LogP contribution in [0.25, 0.3) is 0 Å². The Kier molecular flexibility index (Phi) is 10.8. The highest BCUT2D eigenvalue weighted by Gasteiger charge is 2.71. The van der Waals surface area contributed by atoms with E-state index in [1.807, 2.05) is 6.92 Å². The molecule has 1 aliphatic heterocycles. The summed E-state index contributed by atoms with van der Waals surface area (Å²) in [4.78, 5) is 26.0. The molecule has 0 spiro atoms. The SMILES string of the molecule is COC[C@@]1(C)[C@@H](O[C@@H]2O[C@H](CO)[C@@H](O)[C@H](O)[C@H]2O)[C@H](OC(C)=O)C[C@]2(O)C3=CC[C@@]4(C)[C@H](C(=O)O)[C@@](C)([C@H](C)C(C)C)CC[C@]4(C)[C@H]3CC[C@@H]12. The molecule has 0 aromatic rings. The summed E-state index contributed by atoms with van der Waals surface area (Å²) in [5.74, 6) is -2.03. The molecule has 0 radical (unpaired) electrons. The lowest BCUT2D eigenvalue weighted by atomic mass is 9.35. The molecule has 0 aromatic carbocycles. The highest BCUT2D eigenvalue weighted by molar-refractivity contribution is 5.73. The van der Waals surface area contributed by atoms with Crippen molar-refractivity contribution < 1.29 is 59.2 Å². The lowest BCUT2D eigenvalue weighted by Crippen LogP contribution is -2.71. The van der Waals surface area contributed by atoms with Crippen LogP contribution in [0.3, 0.4) is 0 Å². The number of carbonyl (C=O) groups excluding carboxylic acids is 1. The number of hydrogen-bond acceptors (Lipinski definition) is 11. The Balaban J connectivity index is 1.58. The van der Waals surface area contributed by atoms with Gasteiger partial charge >= 0.3 is 11.9 Å². The summed E-state index contributed by atoms with van der Waals surface area (Å²) in [5.41, 5.74) is -3.05. The second kappa shape index (κ2) is 13.6. The number of allylic oxidation sites excluding steroid dienone is 1. The van der Waals surface area contributed by atoms with E-state index in [-0.39, 0.29) is 24.9 Å². The van der Waals surface area contributed by atoms with E-state index in [2.05, 4.69) is 47.6 Å². The number of aliphatic hydroxyl groups excluding tert-OH is 4. The van der Waals surface area contributed by atoms with Crippen molar-refractivity contribution in [2.45, 2.75) is 142 Å². The van der Waals surface area contributed by atoms with Crippen LogP contribution in [0, 0.1) is 51.2 Å². The number of carboxylic acids is 1. The molecule has 4 aliphatic carbocycles. The smallest absolute Gasteiger partial charge is 0.307 e. The van der Waals surface area contributed by atoms with Gasteiger partial charge < -0.3 is 49.6 Å². The first-order valence-electron chi connectivity index (χ1n) is 18.5. The minimum absolute atomic E-state index is 0.0156. The Morgan fingerprint density at radius 1 is 1.00 bits per heavy atom. The van der Waals surface area contributed by atoms with E-state index in [0.29, 0.717) is 25.2 Å². The number of rotatable bonds is 9.